The minimum absolute atomic E-state index is 0.0664. The Morgan fingerprint density at radius 1 is 0.800 bits per heavy atom. The minimum atomic E-state index is 0.0664. The van der Waals surface area contributed by atoms with Crippen LogP contribution in [0.25, 0.3) is 22.3 Å². The van der Waals surface area contributed by atoms with Crippen LogP contribution in [0, 0.1) is 10.8 Å². The molecule has 2 aromatic carbocycles. The summed E-state index contributed by atoms with van der Waals surface area (Å²) in [5, 5.41) is 17.8. The van der Waals surface area contributed by atoms with Gasteiger partial charge in [0.05, 0.1) is 0 Å². The smallest absolute Gasteiger partial charge is 0.194 e. The second-order valence-electron chi connectivity index (χ2n) is 5.49. The summed E-state index contributed by atoms with van der Waals surface area (Å²) in [5.74, 6) is 0.626. The van der Waals surface area contributed by atoms with Crippen LogP contribution in [-0.2, 0) is 0 Å². The Labute approximate surface area is 145 Å². The summed E-state index contributed by atoms with van der Waals surface area (Å²) in [6.07, 6.45) is 3.43. The van der Waals surface area contributed by atoms with E-state index in [-0.39, 0.29) is 11.7 Å². The molecule has 1 aromatic heterocycles. The van der Waals surface area contributed by atoms with E-state index in [1.54, 1.807) is 19.4 Å². The summed E-state index contributed by atoms with van der Waals surface area (Å²) >= 11 is 0. The maximum absolute atomic E-state index is 7.66. The fourth-order valence-corrected chi connectivity index (χ4v) is 2.42. The van der Waals surface area contributed by atoms with E-state index in [1.807, 2.05) is 48.5 Å². The third-order valence-corrected chi connectivity index (χ3v) is 3.87. The van der Waals surface area contributed by atoms with Gasteiger partial charge >= 0.3 is 0 Å². The number of aromatic nitrogens is 2. The molecule has 0 fully saturated rings. The van der Waals surface area contributed by atoms with Crippen molar-refractivity contribution in [2.75, 3.05) is 7.05 Å². The largest absolute Gasteiger partial charge is 0.384 e. The molecule has 6 heteroatoms. The number of nitrogens with two attached hydrogens (primary N) is 1. The van der Waals surface area contributed by atoms with Gasteiger partial charge in [0.1, 0.15) is 5.84 Å². The van der Waals surface area contributed by atoms with Gasteiger partial charge in [0.2, 0.25) is 0 Å². The molecular formula is C19H18N6. The second kappa shape index (κ2) is 6.92. The summed E-state index contributed by atoms with van der Waals surface area (Å²) < 4.78 is 0. The predicted molar refractivity (Wildman–Crippen MR) is 99.8 cm³/mol. The standard InChI is InChI=1S/C19H18N6/c1-23-18(22)19-24-10-16(11-25-19)14-4-2-12(3-5-14)13-6-8-15(9-7-13)17(20)21/h2-11H,1H3,(H3,20,21)(H2,22,23). The average Bonchev–Trinajstić information content (AvgIpc) is 2.67. The van der Waals surface area contributed by atoms with Crippen molar-refractivity contribution in [2.24, 2.45) is 5.73 Å². The van der Waals surface area contributed by atoms with Crippen LogP contribution in [0.3, 0.4) is 0 Å². The molecule has 5 N–H and O–H groups in total. The molecule has 0 amide bonds. The molecule has 3 aromatic rings. The number of hydrogen-bond acceptors (Lipinski definition) is 4. The summed E-state index contributed by atoms with van der Waals surface area (Å²) in [5.41, 5.74) is 10.2. The molecule has 1 heterocycles. The zero-order chi connectivity index (χ0) is 17.8. The van der Waals surface area contributed by atoms with Crippen molar-refractivity contribution in [3.8, 4) is 22.3 Å². The van der Waals surface area contributed by atoms with Crippen LogP contribution in [-0.4, -0.2) is 28.7 Å². The SMILES string of the molecule is CNC(=N)c1ncc(-c2ccc(-c3ccc(C(=N)N)cc3)cc2)cn1. The van der Waals surface area contributed by atoms with Gasteiger partial charge < -0.3 is 11.1 Å². The van der Waals surface area contributed by atoms with E-state index >= 15 is 0 Å². The van der Waals surface area contributed by atoms with Crippen LogP contribution in [0.5, 0.6) is 0 Å². The first-order chi connectivity index (χ1) is 12.1. The molecule has 0 spiro atoms. The van der Waals surface area contributed by atoms with Crippen molar-refractivity contribution >= 4 is 11.7 Å². The van der Waals surface area contributed by atoms with E-state index in [0.29, 0.717) is 11.4 Å². The molecule has 25 heavy (non-hydrogen) atoms. The number of hydrogen-bond donors (Lipinski definition) is 4. The highest BCUT2D eigenvalue weighted by Gasteiger charge is 2.05. The Kier molecular flexibility index (Phi) is 4.52. The summed E-state index contributed by atoms with van der Waals surface area (Å²) in [6, 6.07) is 15.7. The molecule has 124 valence electrons. The number of benzene rings is 2. The third-order valence-electron chi connectivity index (χ3n) is 3.87. The maximum Gasteiger partial charge on any atom is 0.194 e. The first-order valence-electron chi connectivity index (χ1n) is 7.72. The minimum Gasteiger partial charge on any atom is -0.384 e. The van der Waals surface area contributed by atoms with E-state index < -0.39 is 0 Å². The van der Waals surface area contributed by atoms with Crippen molar-refractivity contribution < 1.29 is 0 Å². The highest BCUT2D eigenvalue weighted by molar-refractivity contribution is 5.95. The van der Waals surface area contributed by atoms with E-state index in [0.717, 1.165) is 22.3 Å². The number of amidine groups is 2. The Morgan fingerprint density at radius 3 is 1.68 bits per heavy atom. The van der Waals surface area contributed by atoms with Crippen molar-refractivity contribution in [3.05, 3.63) is 72.3 Å². The summed E-state index contributed by atoms with van der Waals surface area (Å²) in [6.45, 7) is 0. The normalized spacial score (nSPS) is 10.3. The highest BCUT2D eigenvalue weighted by atomic mass is 15.0. The van der Waals surface area contributed by atoms with Gasteiger partial charge in [0, 0.05) is 30.6 Å². The lowest BCUT2D eigenvalue weighted by Crippen LogP contribution is -2.20. The topological polar surface area (TPSA) is 112 Å². The second-order valence-corrected chi connectivity index (χ2v) is 5.49. The molecule has 0 saturated heterocycles. The molecule has 0 aliphatic carbocycles. The van der Waals surface area contributed by atoms with Gasteiger partial charge in [0.15, 0.2) is 11.7 Å². The lowest BCUT2D eigenvalue weighted by molar-refractivity contribution is 1.05. The highest BCUT2D eigenvalue weighted by Crippen LogP contribution is 2.24. The lowest BCUT2D eigenvalue weighted by atomic mass is 10.0. The van der Waals surface area contributed by atoms with E-state index in [1.165, 1.54) is 0 Å². The first kappa shape index (κ1) is 16.3. The molecule has 0 radical (unpaired) electrons. The summed E-state index contributed by atoms with van der Waals surface area (Å²) in [7, 11) is 1.67. The molecule has 0 aliphatic rings. The number of nitrogens with one attached hydrogen (secondary N) is 3. The zero-order valence-corrected chi connectivity index (χ0v) is 13.7. The summed E-state index contributed by atoms with van der Waals surface area (Å²) in [4.78, 5) is 8.41. The zero-order valence-electron chi connectivity index (χ0n) is 13.7. The van der Waals surface area contributed by atoms with E-state index in [4.69, 9.17) is 16.6 Å². The molecule has 3 rings (SSSR count). The Hall–Kier alpha value is -3.54. The Bertz CT molecular complexity index is 896. The first-order valence-corrected chi connectivity index (χ1v) is 7.72. The lowest BCUT2D eigenvalue weighted by Gasteiger charge is -2.06. The van der Waals surface area contributed by atoms with Gasteiger partial charge in [-0.25, -0.2) is 9.97 Å². The Balaban J connectivity index is 1.82. The number of nitrogens with zero attached hydrogens (tertiary/aromatic N) is 2. The van der Waals surface area contributed by atoms with Crippen LogP contribution in [0.1, 0.15) is 11.4 Å². The van der Waals surface area contributed by atoms with E-state index in [2.05, 4.69) is 15.3 Å². The molecular weight excluding hydrogens is 312 g/mol. The van der Waals surface area contributed by atoms with E-state index in [9.17, 15) is 0 Å². The van der Waals surface area contributed by atoms with Gasteiger partial charge in [-0.2, -0.15) is 0 Å². The van der Waals surface area contributed by atoms with Crippen LogP contribution in [0.15, 0.2) is 60.9 Å². The fraction of sp³-hybridized carbons (Fsp3) is 0.0526. The maximum atomic E-state index is 7.66. The van der Waals surface area contributed by atoms with Gasteiger partial charge in [-0.3, -0.25) is 10.8 Å². The molecule has 0 unspecified atom stereocenters. The molecule has 0 atom stereocenters. The van der Waals surface area contributed by atoms with Crippen molar-refractivity contribution in [1.29, 1.82) is 10.8 Å². The molecule has 0 saturated carbocycles. The molecule has 0 bridgehead atoms. The predicted octanol–water partition coefficient (Wildman–Crippen LogP) is 2.64. The van der Waals surface area contributed by atoms with Crippen LogP contribution in [0.2, 0.25) is 0 Å². The van der Waals surface area contributed by atoms with Gasteiger partial charge in [-0.1, -0.05) is 48.5 Å². The van der Waals surface area contributed by atoms with Gasteiger partial charge in [-0.15, -0.1) is 0 Å². The van der Waals surface area contributed by atoms with Crippen molar-refractivity contribution in [1.82, 2.24) is 15.3 Å². The van der Waals surface area contributed by atoms with Crippen molar-refractivity contribution in [3.63, 3.8) is 0 Å². The molecule has 0 aliphatic heterocycles. The fourth-order valence-electron chi connectivity index (χ4n) is 2.42. The quantitative estimate of drug-likeness (QED) is 0.435. The van der Waals surface area contributed by atoms with Crippen LogP contribution >= 0.6 is 0 Å². The monoisotopic (exact) mass is 330 g/mol. The van der Waals surface area contributed by atoms with Crippen LogP contribution in [0.4, 0.5) is 0 Å². The average molecular weight is 330 g/mol. The van der Waals surface area contributed by atoms with Crippen molar-refractivity contribution in [2.45, 2.75) is 0 Å². The number of nitrogen functional groups attached to an aromatic ring is 1. The third kappa shape index (κ3) is 3.53. The number of rotatable bonds is 4. The molecule has 6 nitrogen and oxygen atoms in total. The van der Waals surface area contributed by atoms with Gasteiger partial charge in [0.25, 0.3) is 0 Å². The Morgan fingerprint density at radius 2 is 1.24 bits per heavy atom. The van der Waals surface area contributed by atoms with Gasteiger partial charge in [-0.05, 0) is 16.7 Å². The van der Waals surface area contributed by atoms with Crippen LogP contribution < -0.4 is 11.1 Å².